The van der Waals surface area contributed by atoms with Crippen LogP contribution in [0.2, 0.25) is 0 Å². The number of rotatable bonds is 6. The fourth-order valence-corrected chi connectivity index (χ4v) is 4.08. The summed E-state index contributed by atoms with van der Waals surface area (Å²) in [4.78, 5) is 15.6. The summed E-state index contributed by atoms with van der Waals surface area (Å²) in [5, 5.41) is 9.40. The smallest absolute Gasteiger partial charge is 0.348 e. The van der Waals surface area contributed by atoms with Crippen molar-refractivity contribution in [1.29, 1.82) is 0 Å². The Hall–Kier alpha value is -1.84. The number of carboxylic acids is 1. The second-order valence-corrected chi connectivity index (χ2v) is 7.34. The van der Waals surface area contributed by atoms with Gasteiger partial charge in [0.15, 0.2) is 0 Å². The third-order valence-corrected chi connectivity index (χ3v) is 6.20. The monoisotopic (exact) mass is 349 g/mol. The fraction of sp³-hybridized carbons (Fsp3) is 0.294. The van der Waals surface area contributed by atoms with E-state index in [9.17, 15) is 9.18 Å². The zero-order valence-corrected chi connectivity index (χ0v) is 14.4. The number of nitrogens with zero attached hydrogens (tertiary/aromatic N) is 1. The SMILES string of the molecule is [C-]#[N+]c1cc(-c2cc(F)c(C(=O)O)s2)ccc1SC(CC)CC. The van der Waals surface area contributed by atoms with Crippen molar-refractivity contribution in [3.63, 3.8) is 0 Å². The van der Waals surface area contributed by atoms with Gasteiger partial charge in [0, 0.05) is 15.0 Å². The van der Waals surface area contributed by atoms with Gasteiger partial charge < -0.3 is 5.11 Å². The van der Waals surface area contributed by atoms with Crippen LogP contribution in [-0.4, -0.2) is 16.3 Å². The van der Waals surface area contributed by atoms with E-state index in [2.05, 4.69) is 18.7 Å². The summed E-state index contributed by atoms with van der Waals surface area (Å²) in [5.74, 6) is -2.01. The van der Waals surface area contributed by atoms with E-state index in [0.717, 1.165) is 29.1 Å². The van der Waals surface area contributed by atoms with Gasteiger partial charge >= 0.3 is 5.97 Å². The number of carboxylic acid groups (broad SMARTS) is 1. The third kappa shape index (κ3) is 3.92. The van der Waals surface area contributed by atoms with E-state index in [1.54, 1.807) is 17.8 Å². The number of carbonyl (C=O) groups is 1. The molecule has 0 unspecified atom stereocenters. The molecule has 6 heteroatoms. The molecule has 1 aromatic heterocycles. The lowest BCUT2D eigenvalue weighted by molar-refractivity contribution is 0.0697. The van der Waals surface area contributed by atoms with E-state index >= 15 is 0 Å². The van der Waals surface area contributed by atoms with Crippen LogP contribution in [0.3, 0.4) is 0 Å². The maximum Gasteiger partial charge on any atom is 0.348 e. The molecular weight excluding hydrogens is 333 g/mol. The zero-order valence-electron chi connectivity index (χ0n) is 12.8. The number of halogens is 1. The largest absolute Gasteiger partial charge is 0.477 e. The van der Waals surface area contributed by atoms with Crippen molar-refractivity contribution >= 4 is 34.8 Å². The van der Waals surface area contributed by atoms with Crippen LogP contribution in [0.25, 0.3) is 15.3 Å². The van der Waals surface area contributed by atoms with Gasteiger partial charge in [-0.3, -0.25) is 0 Å². The Balaban J connectivity index is 2.37. The average Bonchev–Trinajstić information content (AvgIpc) is 2.94. The van der Waals surface area contributed by atoms with Crippen LogP contribution in [0.15, 0.2) is 29.2 Å². The van der Waals surface area contributed by atoms with Gasteiger partial charge in [0.05, 0.1) is 6.57 Å². The summed E-state index contributed by atoms with van der Waals surface area (Å²) in [6.07, 6.45) is 2.05. The molecule has 0 saturated heterocycles. The molecule has 0 bridgehead atoms. The Bertz CT molecular complexity index is 760. The summed E-state index contributed by atoms with van der Waals surface area (Å²) in [6, 6.07) is 6.60. The van der Waals surface area contributed by atoms with E-state index in [-0.39, 0.29) is 4.88 Å². The molecule has 0 aliphatic rings. The molecule has 0 aliphatic heterocycles. The van der Waals surface area contributed by atoms with Crippen molar-refractivity contribution in [1.82, 2.24) is 0 Å². The van der Waals surface area contributed by atoms with Gasteiger partial charge in [-0.2, -0.15) is 0 Å². The first kappa shape index (κ1) is 17.5. The van der Waals surface area contributed by atoms with Crippen LogP contribution in [-0.2, 0) is 0 Å². The van der Waals surface area contributed by atoms with Crippen LogP contribution in [0, 0.1) is 12.4 Å². The number of aromatic carboxylic acids is 1. The maximum absolute atomic E-state index is 13.6. The third-order valence-electron chi connectivity index (χ3n) is 3.45. The van der Waals surface area contributed by atoms with Crippen LogP contribution in [0.5, 0.6) is 0 Å². The average molecular weight is 349 g/mol. The van der Waals surface area contributed by atoms with Gasteiger partial charge in [0.1, 0.15) is 10.7 Å². The molecule has 23 heavy (non-hydrogen) atoms. The highest BCUT2D eigenvalue weighted by Crippen LogP contribution is 2.39. The van der Waals surface area contributed by atoms with Crippen LogP contribution >= 0.6 is 23.1 Å². The molecule has 0 aliphatic carbocycles. The molecule has 0 spiro atoms. The lowest BCUT2D eigenvalue weighted by atomic mass is 10.1. The molecule has 1 aromatic carbocycles. The Labute approximate surface area is 143 Å². The van der Waals surface area contributed by atoms with Gasteiger partial charge in [-0.1, -0.05) is 26.0 Å². The summed E-state index contributed by atoms with van der Waals surface area (Å²) in [6.45, 7) is 11.6. The molecule has 1 N–H and O–H groups in total. The number of hydrogen-bond acceptors (Lipinski definition) is 3. The summed E-state index contributed by atoms with van der Waals surface area (Å²) in [7, 11) is 0. The number of thioether (sulfide) groups is 1. The second-order valence-electron chi connectivity index (χ2n) is 4.94. The number of thiophene rings is 1. The van der Waals surface area contributed by atoms with E-state index in [0.29, 0.717) is 21.4 Å². The van der Waals surface area contributed by atoms with Crippen LogP contribution in [0.4, 0.5) is 10.1 Å². The molecule has 0 radical (unpaired) electrons. The lowest BCUT2D eigenvalue weighted by Crippen LogP contribution is -1.97. The molecule has 0 atom stereocenters. The Morgan fingerprint density at radius 1 is 1.39 bits per heavy atom. The van der Waals surface area contributed by atoms with Crippen LogP contribution in [0.1, 0.15) is 36.4 Å². The highest BCUT2D eigenvalue weighted by atomic mass is 32.2. The van der Waals surface area contributed by atoms with Gasteiger partial charge in [-0.15, -0.1) is 23.1 Å². The minimum absolute atomic E-state index is 0.306. The first-order valence-corrected chi connectivity index (χ1v) is 8.90. The predicted octanol–water partition coefficient (Wildman–Crippen LogP) is 6.08. The van der Waals surface area contributed by atoms with Gasteiger partial charge in [-0.05, 0) is 30.5 Å². The van der Waals surface area contributed by atoms with Crippen molar-refractivity contribution < 1.29 is 14.3 Å². The minimum Gasteiger partial charge on any atom is -0.477 e. The number of hydrogen-bond donors (Lipinski definition) is 1. The highest BCUT2D eigenvalue weighted by molar-refractivity contribution is 8.00. The Morgan fingerprint density at radius 2 is 2.09 bits per heavy atom. The van der Waals surface area contributed by atoms with E-state index in [1.165, 1.54) is 6.07 Å². The van der Waals surface area contributed by atoms with E-state index in [1.807, 2.05) is 12.1 Å². The molecule has 0 fully saturated rings. The molecule has 2 rings (SSSR count). The fourth-order valence-electron chi connectivity index (χ4n) is 2.15. The highest BCUT2D eigenvalue weighted by Gasteiger charge is 2.17. The quantitative estimate of drug-likeness (QED) is 0.507. The molecule has 2 aromatic rings. The van der Waals surface area contributed by atoms with Crippen molar-refractivity contribution in [3.8, 4) is 10.4 Å². The summed E-state index contributed by atoms with van der Waals surface area (Å²) < 4.78 is 13.6. The second kappa shape index (κ2) is 7.62. The molecule has 0 amide bonds. The first-order valence-electron chi connectivity index (χ1n) is 7.21. The molecule has 120 valence electrons. The van der Waals surface area contributed by atoms with E-state index < -0.39 is 11.8 Å². The molecule has 3 nitrogen and oxygen atoms in total. The van der Waals surface area contributed by atoms with Gasteiger partial charge in [0.25, 0.3) is 0 Å². The zero-order chi connectivity index (χ0) is 17.0. The standard InChI is InChI=1S/C17H16FNO2S2/c1-4-11(5-2)22-14-7-6-10(8-13(14)19-3)15-9-12(18)16(23-15)17(20)21/h6-9,11H,4-5H2,1-2H3,(H,20,21). The summed E-state index contributed by atoms with van der Waals surface area (Å²) >= 11 is 2.56. The van der Waals surface area contributed by atoms with Crippen molar-refractivity contribution in [2.24, 2.45) is 0 Å². The topological polar surface area (TPSA) is 41.7 Å². The van der Waals surface area contributed by atoms with Crippen molar-refractivity contribution in [3.05, 3.63) is 46.4 Å². The van der Waals surface area contributed by atoms with Crippen molar-refractivity contribution in [2.45, 2.75) is 36.8 Å². The van der Waals surface area contributed by atoms with Gasteiger partial charge in [-0.25, -0.2) is 14.0 Å². The first-order chi connectivity index (χ1) is 11.0. The maximum atomic E-state index is 13.6. The molecular formula is C17H16FNO2S2. The van der Waals surface area contributed by atoms with E-state index in [4.69, 9.17) is 11.7 Å². The number of benzene rings is 1. The Kier molecular flexibility index (Phi) is 5.80. The predicted molar refractivity (Wildman–Crippen MR) is 93.2 cm³/mol. The molecule has 1 heterocycles. The Morgan fingerprint density at radius 3 is 2.61 bits per heavy atom. The van der Waals surface area contributed by atoms with Crippen LogP contribution < -0.4 is 0 Å². The molecule has 0 saturated carbocycles. The lowest BCUT2D eigenvalue weighted by Gasteiger charge is -2.13. The normalized spacial score (nSPS) is 10.7. The summed E-state index contributed by atoms with van der Waals surface area (Å²) in [5.41, 5.74) is 1.19. The minimum atomic E-state index is -1.27. The van der Waals surface area contributed by atoms with Gasteiger partial charge in [0.2, 0.25) is 5.69 Å². The van der Waals surface area contributed by atoms with Crippen molar-refractivity contribution in [2.75, 3.05) is 0 Å².